The highest BCUT2D eigenvalue weighted by molar-refractivity contribution is 5.68. The van der Waals surface area contributed by atoms with E-state index in [-0.39, 0.29) is 18.4 Å². The quantitative estimate of drug-likeness (QED) is 0.387. The fraction of sp³-hybridized carbons (Fsp3) is 0.440. The molecular formula is C25H26F4N4O4. The van der Waals surface area contributed by atoms with Crippen LogP contribution in [-0.4, -0.2) is 51.2 Å². The molecule has 2 aromatic heterocycles. The lowest BCUT2D eigenvalue weighted by Gasteiger charge is -2.32. The smallest absolute Gasteiger partial charge is 0.444 e. The summed E-state index contributed by atoms with van der Waals surface area (Å²) in [6.45, 7) is 6.46. The van der Waals surface area contributed by atoms with Crippen molar-refractivity contribution < 1.29 is 36.4 Å². The second-order valence-corrected chi connectivity index (χ2v) is 9.75. The number of aromatic nitrogens is 3. The van der Waals surface area contributed by atoms with E-state index < -0.39 is 23.5 Å². The van der Waals surface area contributed by atoms with Gasteiger partial charge in [-0.25, -0.2) is 9.18 Å². The van der Waals surface area contributed by atoms with Crippen LogP contribution in [0.4, 0.5) is 22.4 Å². The van der Waals surface area contributed by atoms with Crippen LogP contribution in [-0.2, 0) is 11.2 Å². The molecule has 1 aromatic carbocycles. The Morgan fingerprint density at radius 2 is 1.97 bits per heavy atom. The number of benzene rings is 1. The van der Waals surface area contributed by atoms with E-state index in [1.54, 1.807) is 17.0 Å². The van der Waals surface area contributed by atoms with Gasteiger partial charge in [0.2, 0.25) is 11.7 Å². The number of hydrogen-bond acceptors (Lipinski definition) is 7. The van der Waals surface area contributed by atoms with Crippen molar-refractivity contribution in [3.8, 4) is 17.1 Å². The molecular weight excluding hydrogens is 496 g/mol. The Hall–Kier alpha value is -3.70. The van der Waals surface area contributed by atoms with Crippen molar-refractivity contribution in [3.63, 3.8) is 0 Å². The molecule has 198 valence electrons. The minimum absolute atomic E-state index is 0.117. The second kappa shape index (κ2) is 10.3. The van der Waals surface area contributed by atoms with Crippen LogP contribution in [0.3, 0.4) is 0 Å². The van der Waals surface area contributed by atoms with E-state index in [1.807, 2.05) is 20.8 Å². The number of ether oxygens (including phenoxy) is 2. The molecule has 37 heavy (non-hydrogen) atoms. The van der Waals surface area contributed by atoms with Gasteiger partial charge in [-0.05, 0) is 63.4 Å². The van der Waals surface area contributed by atoms with E-state index in [1.165, 1.54) is 12.3 Å². The van der Waals surface area contributed by atoms with Crippen LogP contribution in [0.25, 0.3) is 11.4 Å². The molecule has 0 radical (unpaired) electrons. The third-order valence-corrected chi connectivity index (χ3v) is 5.55. The number of carbonyl (C=O) groups is 1. The third kappa shape index (κ3) is 7.17. The first kappa shape index (κ1) is 26.4. The number of alkyl halides is 3. The van der Waals surface area contributed by atoms with E-state index in [9.17, 15) is 22.4 Å². The molecule has 0 unspecified atom stereocenters. The highest BCUT2D eigenvalue weighted by Crippen LogP contribution is 2.29. The van der Waals surface area contributed by atoms with Gasteiger partial charge in [-0.1, -0.05) is 11.2 Å². The summed E-state index contributed by atoms with van der Waals surface area (Å²) in [7, 11) is 0. The summed E-state index contributed by atoms with van der Waals surface area (Å²) in [5.74, 6) is -1.36. The van der Waals surface area contributed by atoms with Gasteiger partial charge in [0.25, 0.3) is 0 Å². The highest BCUT2D eigenvalue weighted by atomic mass is 19.4. The van der Waals surface area contributed by atoms with Gasteiger partial charge in [0.1, 0.15) is 5.60 Å². The predicted molar refractivity (Wildman–Crippen MR) is 123 cm³/mol. The predicted octanol–water partition coefficient (Wildman–Crippen LogP) is 5.87. The molecule has 0 aliphatic carbocycles. The monoisotopic (exact) mass is 522 g/mol. The summed E-state index contributed by atoms with van der Waals surface area (Å²) < 4.78 is 65.5. The first-order chi connectivity index (χ1) is 17.4. The summed E-state index contributed by atoms with van der Waals surface area (Å²) in [4.78, 5) is 22.9. The molecule has 0 saturated carbocycles. The van der Waals surface area contributed by atoms with Gasteiger partial charge >= 0.3 is 12.5 Å². The third-order valence-electron chi connectivity index (χ3n) is 5.55. The molecule has 3 heterocycles. The Morgan fingerprint density at radius 1 is 1.19 bits per heavy atom. The van der Waals surface area contributed by atoms with Crippen LogP contribution in [0.2, 0.25) is 0 Å². The molecule has 4 rings (SSSR count). The van der Waals surface area contributed by atoms with Crippen LogP contribution >= 0.6 is 0 Å². The Kier molecular flexibility index (Phi) is 7.37. The molecule has 1 atom stereocenters. The van der Waals surface area contributed by atoms with Gasteiger partial charge < -0.3 is 18.9 Å². The zero-order chi connectivity index (χ0) is 26.8. The molecule has 0 N–H and O–H groups in total. The maximum Gasteiger partial charge on any atom is 0.573 e. The van der Waals surface area contributed by atoms with Gasteiger partial charge in [0.15, 0.2) is 11.6 Å². The van der Waals surface area contributed by atoms with E-state index >= 15 is 0 Å². The summed E-state index contributed by atoms with van der Waals surface area (Å²) in [6.07, 6.45) is -2.04. The van der Waals surface area contributed by atoms with Crippen molar-refractivity contribution in [2.24, 2.45) is 0 Å². The van der Waals surface area contributed by atoms with Crippen LogP contribution in [0.15, 0.2) is 41.1 Å². The Balaban J connectivity index is 1.39. The molecule has 8 nitrogen and oxygen atoms in total. The van der Waals surface area contributed by atoms with E-state index in [0.29, 0.717) is 41.6 Å². The number of carbonyl (C=O) groups excluding carboxylic acids is 1. The minimum Gasteiger partial charge on any atom is -0.444 e. The maximum atomic E-state index is 14.0. The fourth-order valence-corrected chi connectivity index (χ4v) is 3.92. The van der Waals surface area contributed by atoms with Gasteiger partial charge in [-0.15, -0.1) is 13.2 Å². The van der Waals surface area contributed by atoms with Crippen molar-refractivity contribution >= 4 is 6.09 Å². The molecule has 0 bridgehead atoms. The number of rotatable bonds is 5. The molecule has 3 aromatic rings. The zero-order valence-electron chi connectivity index (χ0n) is 20.5. The van der Waals surface area contributed by atoms with Crippen LogP contribution < -0.4 is 4.74 Å². The Bertz CT molecular complexity index is 1240. The maximum absolute atomic E-state index is 14.0. The van der Waals surface area contributed by atoms with Crippen molar-refractivity contribution in [1.29, 1.82) is 0 Å². The molecule has 1 fully saturated rings. The van der Waals surface area contributed by atoms with Crippen molar-refractivity contribution in [2.45, 2.75) is 57.9 Å². The number of likely N-dealkylation sites (tertiary alicyclic amines) is 1. The van der Waals surface area contributed by atoms with Gasteiger partial charge in [-0.3, -0.25) is 4.98 Å². The summed E-state index contributed by atoms with van der Waals surface area (Å²) in [5, 5.41) is 4.04. The lowest BCUT2D eigenvalue weighted by Crippen LogP contribution is -2.42. The summed E-state index contributed by atoms with van der Waals surface area (Å²) >= 11 is 0. The second-order valence-electron chi connectivity index (χ2n) is 9.75. The van der Waals surface area contributed by atoms with E-state index in [2.05, 4.69) is 19.9 Å². The van der Waals surface area contributed by atoms with Gasteiger partial charge in [0.05, 0.1) is 5.92 Å². The number of piperidine rings is 1. The first-order valence-corrected chi connectivity index (χ1v) is 11.7. The number of hydrogen-bond donors (Lipinski definition) is 0. The van der Waals surface area contributed by atoms with Crippen LogP contribution in [0, 0.1) is 5.82 Å². The normalized spacial score (nSPS) is 16.5. The lowest BCUT2D eigenvalue weighted by atomic mass is 9.98. The van der Waals surface area contributed by atoms with Crippen LogP contribution in [0.5, 0.6) is 5.75 Å². The largest absolute Gasteiger partial charge is 0.573 e. The molecule has 0 spiro atoms. The summed E-state index contributed by atoms with van der Waals surface area (Å²) in [6, 6.07) is 6.67. The minimum atomic E-state index is -4.97. The molecule has 1 amide bonds. The van der Waals surface area contributed by atoms with Crippen molar-refractivity contribution in [1.82, 2.24) is 20.0 Å². The standard InChI is InChI=1S/C25H26F4N4O4/c1-24(2,3)36-23(34)33-10-4-5-17(14-33)22-31-21(32-37-22)16-7-8-18(30-13-16)11-15-6-9-20(19(26)12-15)35-25(27,28)29/h6-9,12-13,17H,4-5,10-11,14H2,1-3H3/t17-/m1/s1. The van der Waals surface area contributed by atoms with Crippen molar-refractivity contribution in [3.05, 3.63) is 59.5 Å². The number of amides is 1. The molecule has 1 aliphatic heterocycles. The zero-order valence-corrected chi connectivity index (χ0v) is 20.5. The molecule has 1 aliphatic rings. The number of halogens is 4. The average Bonchev–Trinajstić information content (AvgIpc) is 3.30. The topological polar surface area (TPSA) is 90.6 Å². The first-order valence-electron chi connectivity index (χ1n) is 11.7. The lowest BCUT2D eigenvalue weighted by molar-refractivity contribution is -0.275. The number of nitrogens with zero attached hydrogens (tertiary/aromatic N) is 4. The van der Waals surface area contributed by atoms with E-state index in [4.69, 9.17) is 9.26 Å². The average molecular weight is 522 g/mol. The highest BCUT2D eigenvalue weighted by Gasteiger charge is 2.33. The molecule has 1 saturated heterocycles. The number of pyridine rings is 1. The Labute approximate surface area is 210 Å². The van der Waals surface area contributed by atoms with Gasteiger partial charge in [-0.2, -0.15) is 4.98 Å². The van der Waals surface area contributed by atoms with Gasteiger partial charge in [0, 0.05) is 37.0 Å². The SMILES string of the molecule is CC(C)(C)OC(=O)N1CCC[C@@H](c2nc(-c3ccc(Cc4ccc(OC(F)(F)F)c(F)c4)nc3)no2)C1. The van der Waals surface area contributed by atoms with Crippen LogP contribution in [0.1, 0.15) is 56.7 Å². The van der Waals surface area contributed by atoms with E-state index in [0.717, 1.165) is 25.0 Å². The fourth-order valence-electron chi connectivity index (χ4n) is 3.92. The summed E-state index contributed by atoms with van der Waals surface area (Å²) in [5.41, 5.74) is 1.01. The molecule has 12 heteroatoms. The van der Waals surface area contributed by atoms with Crippen molar-refractivity contribution in [2.75, 3.05) is 13.1 Å². The Morgan fingerprint density at radius 3 is 2.62 bits per heavy atom.